The lowest BCUT2D eigenvalue weighted by molar-refractivity contribution is -0.155. The lowest BCUT2D eigenvalue weighted by atomic mass is 9.90. The minimum atomic E-state index is -4.09. The quantitative estimate of drug-likeness (QED) is 0.750. The number of piperidine rings is 1. The molecular weight excluding hydrogens is 193 g/mol. The van der Waals surface area contributed by atoms with Crippen LogP contribution in [0.2, 0.25) is 0 Å². The summed E-state index contributed by atoms with van der Waals surface area (Å²) in [6.45, 7) is 2.06. The van der Waals surface area contributed by atoms with Gasteiger partial charge in [-0.25, -0.2) is 0 Å². The third kappa shape index (κ3) is 3.13. The van der Waals surface area contributed by atoms with Crippen molar-refractivity contribution in [1.29, 1.82) is 0 Å². The Hall–Kier alpha value is -0.290. The van der Waals surface area contributed by atoms with Crippen LogP contribution in [0, 0.1) is 5.92 Å². The van der Waals surface area contributed by atoms with Gasteiger partial charge in [0, 0.05) is 6.04 Å². The number of alkyl halides is 3. The third-order valence-corrected chi connectivity index (χ3v) is 2.96. The molecule has 1 heterocycles. The van der Waals surface area contributed by atoms with Crippen molar-refractivity contribution < 1.29 is 13.2 Å². The van der Waals surface area contributed by atoms with E-state index in [0.29, 0.717) is 13.1 Å². The van der Waals surface area contributed by atoms with Gasteiger partial charge in [-0.05, 0) is 38.8 Å². The number of hydrogen-bond donors (Lipinski definition) is 1. The zero-order chi connectivity index (χ0) is 10.8. The average Bonchev–Trinajstić information content (AvgIpc) is 2.06. The molecule has 14 heavy (non-hydrogen) atoms. The van der Waals surface area contributed by atoms with Crippen LogP contribution < -0.4 is 5.73 Å². The largest absolute Gasteiger partial charge is 0.401 e. The lowest BCUT2D eigenvalue weighted by Gasteiger charge is -2.39. The van der Waals surface area contributed by atoms with Crippen molar-refractivity contribution in [3.05, 3.63) is 0 Å². The number of nitrogens with zero attached hydrogens (tertiary/aromatic N) is 1. The van der Waals surface area contributed by atoms with Crippen LogP contribution in [0.1, 0.15) is 19.8 Å². The summed E-state index contributed by atoms with van der Waals surface area (Å²) in [6.07, 6.45) is -2.32. The van der Waals surface area contributed by atoms with Crippen molar-refractivity contribution in [3.63, 3.8) is 0 Å². The van der Waals surface area contributed by atoms with Crippen LogP contribution in [0.5, 0.6) is 0 Å². The van der Waals surface area contributed by atoms with E-state index < -0.39 is 12.7 Å². The van der Waals surface area contributed by atoms with E-state index >= 15 is 0 Å². The van der Waals surface area contributed by atoms with Gasteiger partial charge in [-0.15, -0.1) is 0 Å². The van der Waals surface area contributed by atoms with E-state index in [0.717, 1.165) is 12.8 Å². The average molecular weight is 210 g/mol. The topological polar surface area (TPSA) is 29.3 Å². The van der Waals surface area contributed by atoms with Gasteiger partial charge >= 0.3 is 6.18 Å². The Balaban J connectivity index is 2.52. The first-order chi connectivity index (χ1) is 6.44. The zero-order valence-corrected chi connectivity index (χ0v) is 8.35. The van der Waals surface area contributed by atoms with Crippen LogP contribution >= 0.6 is 0 Å². The fourth-order valence-corrected chi connectivity index (χ4v) is 2.07. The van der Waals surface area contributed by atoms with Crippen molar-refractivity contribution >= 4 is 0 Å². The maximum Gasteiger partial charge on any atom is 0.401 e. The van der Waals surface area contributed by atoms with Crippen LogP contribution in [0.3, 0.4) is 0 Å². The van der Waals surface area contributed by atoms with E-state index in [-0.39, 0.29) is 12.0 Å². The predicted octanol–water partition coefficient (Wildman–Crippen LogP) is 1.61. The van der Waals surface area contributed by atoms with Crippen molar-refractivity contribution in [2.45, 2.75) is 32.0 Å². The Morgan fingerprint density at radius 3 is 2.57 bits per heavy atom. The number of likely N-dealkylation sites (tertiary alicyclic amines) is 1. The fraction of sp³-hybridized carbons (Fsp3) is 1.00. The molecule has 0 radical (unpaired) electrons. The SMILES string of the molecule is C[C@@H]1[C@@H](CN)CCCN1CC(F)(F)F. The Labute approximate surface area is 82.2 Å². The first-order valence-electron chi connectivity index (χ1n) is 4.95. The first-order valence-corrected chi connectivity index (χ1v) is 4.95. The maximum absolute atomic E-state index is 12.2. The minimum Gasteiger partial charge on any atom is -0.330 e. The van der Waals surface area contributed by atoms with Gasteiger partial charge in [0.2, 0.25) is 0 Å². The molecule has 0 aromatic heterocycles. The molecule has 1 aliphatic heterocycles. The molecule has 1 aliphatic rings. The van der Waals surface area contributed by atoms with E-state index in [1.807, 2.05) is 6.92 Å². The molecular formula is C9H17F3N2. The maximum atomic E-state index is 12.2. The number of halogens is 3. The molecule has 0 unspecified atom stereocenters. The molecule has 1 fully saturated rings. The smallest absolute Gasteiger partial charge is 0.330 e. The second-order valence-electron chi connectivity index (χ2n) is 3.96. The van der Waals surface area contributed by atoms with E-state index in [1.165, 1.54) is 4.90 Å². The Morgan fingerprint density at radius 1 is 1.43 bits per heavy atom. The third-order valence-electron chi connectivity index (χ3n) is 2.96. The summed E-state index contributed by atoms with van der Waals surface area (Å²) < 4.78 is 36.5. The standard InChI is InChI=1S/C9H17F3N2/c1-7-8(5-13)3-2-4-14(7)6-9(10,11)12/h7-8H,2-6,13H2,1H3/t7-,8-/m1/s1. The summed E-state index contributed by atoms with van der Waals surface area (Å²) in [5, 5.41) is 0. The number of hydrogen-bond acceptors (Lipinski definition) is 2. The molecule has 0 aliphatic carbocycles. The van der Waals surface area contributed by atoms with Gasteiger partial charge in [0.1, 0.15) is 0 Å². The van der Waals surface area contributed by atoms with E-state index in [1.54, 1.807) is 0 Å². The van der Waals surface area contributed by atoms with Crippen molar-refractivity contribution in [2.75, 3.05) is 19.6 Å². The second-order valence-corrected chi connectivity index (χ2v) is 3.96. The van der Waals surface area contributed by atoms with Gasteiger partial charge in [0.05, 0.1) is 6.54 Å². The molecule has 2 N–H and O–H groups in total. The molecule has 1 rings (SSSR count). The zero-order valence-electron chi connectivity index (χ0n) is 8.35. The van der Waals surface area contributed by atoms with E-state index in [9.17, 15) is 13.2 Å². The number of nitrogens with two attached hydrogens (primary N) is 1. The molecule has 0 aromatic carbocycles. The summed E-state index contributed by atoms with van der Waals surface area (Å²) in [5.74, 6) is 0.214. The highest BCUT2D eigenvalue weighted by Crippen LogP contribution is 2.26. The van der Waals surface area contributed by atoms with Gasteiger partial charge in [-0.1, -0.05) is 0 Å². The van der Waals surface area contributed by atoms with E-state index in [4.69, 9.17) is 5.73 Å². The van der Waals surface area contributed by atoms with Crippen molar-refractivity contribution in [1.82, 2.24) is 4.90 Å². The van der Waals surface area contributed by atoms with E-state index in [2.05, 4.69) is 0 Å². The van der Waals surface area contributed by atoms with Gasteiger partial charge in [-0.2, -0.15) is 13.2 Å². The summed E-state index contributed by atoms with van der Waals surface area (Å²) in [4.78, 5) is 1.49. The van der Waals surface area contributed by atoms with Gasteiger partial charge in [-0.3, -0.25) is 4.90 Å². The highest BCUT2D eigenvalue weighted by atomic mass is 19.4. The van der Waals surface area contributed by atoms with Gasteiger partial charge in [0.15, 0.2) is 0 Å². The number of rotatable bonds is 2. The highest BCUT2D eigenvalue weighted by Gasteiger charge is 2.36. The Morgan fingerprint density at radius 2 is 2.07 bits per heavy atom. The van der Waals surface area contributed by atoms with Crippen LogP contribution in [0.15, 0.2) is 0 Å². The van der Waals surface area contributed by atoms with Crippen molar-refractivity contribution in [2.24, 2.45) is 11.7 Å². The molecule has 84 valence electrons. The summed E-state index contributed by atoms with van der Waals surface area (Å²) in [6, 6.07) is -0.0459. The predicted molar refractivity (Wildman–Crippen MR) is 48.9 cm³/mol. The summed E-state index contributed by atoms with van der Waals surface area (Å²) in [7, 11) is 0. The molecule has 2 atom stereocenters. The highest BCUT2D eigenvalue weighted by molar-refractivity contribution is 4.82. The van der Waals surface area contributed by atoms with Crippen LogP contribution in [0.25, 0.3) is 0 Å². The molecule has 0 aromatic rings. The molecule has 0 saturated carbocycles. The molecule has 0 spiro atoms. The van der Waals surface area contributed by atoms with Crippen LogP contribution in [-0.4, -0.2) is 36.8 Å². The van der Waals surface area contributed by atoms with Gasteiger partial charge < -0.3 is 5.73 Å². The first kappa shape index (κ1) is 11.8. The van der Waals surface area contributed by atoms with Gasteiger partial charge in [0.25, 0.3) is 0 Å². The Kier molecular flexibility index (Phi) is 3.78. The van der Waals surface area contributed by atoms with Crippen molar-refractivity contribution in [3.8, 4) is 0 Å². The fourth-order valence-electron chi connectivity index (χ4n) is 2.07. The lowest BCUT2D eigenvalue weighted by Crippen LogP contribution is -2.49. The van der Waals surface area contributed by atoms with Crippen LogP contribution in [0.4, 0.5) is 13.2 Å². The monoisotopic (exact) mass is 210 g/mol. The molecule has 0 amide bonds. The molecule has 5 heteroatoms. The normalized spacial score (nSPS) is 30.6. The molecule has 2 nitrogen and oxygen atoms in total. The minimum absolute atomic E-state index is 0.0459. The summed E-state index contributed by atoms with van der Waals surface area (Å²) >= 11 is 0. The Bertz CT molecular complexity index is 181. The molecule has 1 saturated heterocycles. The molecule has 0 bridgehead atoms. The van der Waals surface area contributed by atoms with Crippen LogP contribution in [-0.2, 0) is 0 Å². The second kappa shape index (κ2) is 4.49. The summed E-state index contributed by atoms with van der Waals surface area (Å²) in [5.41, 5.74) is 5.51.